The van der Waals surface area contributed by atoms with Gasteiger partial charge in [0.1, 0.15) is 0 Å². The van der Waals surface area contributed by atoms with Gasteiger partial charge in [0.15, 0.2) is 0 Å². The lowest BCUT2D eigenvalue weighted by Crippen LogP contribution is -2.19. The zero-order valence-electron chi connectivity index (χ0n) is 10.6. The first-order valence-electron chi connectivity index (χ1n) is 6.12. The molecule has 0 radical (unpaired) electrons. The Morgan fingerprint density at radius 3 is 2.68 bits per heavy atom. The van der Waals surface area contributed by atoms with Crippen molar-refractivity contribution < 1.29 is 14.5 Å². The number of carbonyl (C=O) groups excluding carboxylic acids is 1. The first-order chi connectivity index (χ1) is 9.09. The number of rotatable bonds is 4. The van der Waals surface area contributed by atoms with E-state index in [1.807, 2.05) is 30.3 Å². The molecule has 1 aliphatic carbocycles. The van der Waals surface area contributed by atoms with Crippen molar-refractivity contribution in [2.45, 2.75) is 19.3 Å². The van der Waals surface area contributed by atoms with Crippen molar-refractivity contribution in [2.24, 2.45) is 5.92 Å². The zero-order valence-corrected chi connectivity index (χ0v) is 10.6. The number of nitrogens with zero attached hydrogens (tertiary/aromatic N) is 1. The Balaban J connectivity index is 2.23. The Morgan fingerprint density at radius 1 is 1.42 bits per heavy atom. The molecule has 0 bridgehead atoms. The number of nitro groups is 1. The number of benzene rings is 1. The summed E-state index contributed by atoms with van der Waals surface area (Å²) in [5.74, 6) is -0.733. The summed E-state index contributed by atoms with van der Waals surface area (Å²) in [6.45, 7) is 1.55. The van der Waals surface area contributed by atoms with Crippen LogP contribution in [0.5, 0.6) is 0 Å². The van der Waals surface area contributed by atoms with Crippen molar-refractivity contribution >= 4 is 5.97 Å². The van der Waals surface area contributed by atoms with Gasteiger partial charge in [0.05, 0.1) is 17.4 Å². The summed E-state index contributed by atoms with van der Waals surface area (Å²) in [5.41, 5.74) is 1.09. The van der Waals surface area contributed by atoms with E-state index < -0.39 is 0 Å². The van der Waals surface area contributed by atoms with Gasteiger partial charge in [0.25, 0.3) is 0 Å². The molecule has 0 aliphatic heterocycles. The Hall–Kier alpha value is -2.17. The molecule has 0 N–H and O–H groups in total. The molecule has 0 unspecified atom stereocenters. The SMILES string of the molecule is CC(=O)OC[C@H]1CC=C([N+](=O)[O-])[C@H]1c1ccccc1. The van der Waals surface area contributed by atoms with Gasteiger partial charge in [-0.3, -0.25) is 14.9 Å². The van der Waals surface area contributed by atoms with Gasteiger partial charge in [-0.25, -0.2) is 0 Å². The van der Waals surface area contributed by atoms with Crippen molar-refractivity contribution in [3.05, 3.63) is 57.8 Å². The van der Waals surface area contributed by atoms with Gasteiger partial charge < -0.3 is 4.74 Å². The fraction of sp³-hybridized carbons (Fsp3) is 0.357. The number of carbonyl (C=O) groups is 1. The minimum atomic E-state index is -0.360. The first kappa shape index (κ1) is 13.3. The summed E-state index contributed by atoms with van der Waals surface area (Å²) in [6.07, 6.45) is 2.19. The van der Waals surface area contributed by atoms with Crippen LogP contribution in [-0.4, -0.2) is 17.5 Å². The van der Waals surface area contributed by atoms with Crippen LogP contribution in [0.15, 0.2) is 42.1 Å². The van der Waals surface area contributed by atoms with Crippen LogP contribution in [0.3, 0.4) is 0 Å². The number of esters is 1. The molecule has 2 atom stereocenters. The summed E-state index contributed by atoms with van der Waals surface area (Å²) >= 11 is 0. The molecule has 0 spiro atoms. The summed E-state index contributed by atoms with van der Waals surface area (Å²) in [7, 11) is 0. The van der Waals surface area contributed by atoms with Crippen molar-refractivity contribution in [1.82, 2.24) is 0 Å². The molecule has 1 aromatic carbocycles. The Labute approximate surface area is 111 Å². The smallest absolute Gasteiger partial charge is 0.302 e. The van der Waals surface area contributed by atoms with Gasteiger partial charge in [0.2, 0.25) is 5.70 Å². The van der Waals surface area contributed by atoms with E-state index in [-0.39, 0.29) is 35.0 Å². The maximum Gasteiger partial charge on any atom is 0.302 e. The maximum absolute atomic E-state index is 11.1. The lowest BCUT2D eigenvalue weighted by molar-refractivity contribution is -0.430. The van der Waals surface area contributed by atoms with E-state index in [4.69, 9.17) is 4.74 Å². The lowest BCUT2D eigenvalue weighted by atomic mass is 9.88. The molecule has 5 heteroatoms. The second-order valence-corrected chi connectivity index (χ2v) is 4.57. The first-order valence-corrected chi connectivity index (χ1v) is 6.12. The standard InChI is InChI=1S/C14H15NO4/c1-10(16)19-9-12-7-8-13(15(17)18)14(12)11-5-3-2-4-6-11/h2-6,8,12,14H,7,9H2,1H3/t12-,14+/m1/s1. The van der Waals surface area contributed by atoms with Gasteiger partial charge in [0, 0.05) is 12.8 Å². The second-order valence-electron chi connectivity index (χ2n) is 4.57. The van der Waals surface area contributed by atoms with Crippen LogP contribution >= 0.6 is 0 Å². The normalized spacial score (nSPS) is 21.8. The van der Waals surface area contributed by atoms with Crippen LogP contribution in [-0.2, 0) is 9.53 Å². The largest absolute Gasteiger partial charge is 0.466 e. The van der Waals surface area contributed by atoms with Crippen LogP contribution in [0.25, 0.3) is 0 Å². The topological polar surface area (TPSA) is 69.4 Å². The Morgan fingerprint density at radius 2 is 2.11 bits per heavy atom. The van der Waals surface area contributed by atoms with Crippen molar-refractivity contribution in [3.8, 4) is 0 Å². The minimum absolute atomic E-state index is 0.0632. The van der Waals surface area contributed by atoms with Gasteiger partial charge in [-0.2, -0.15) is 0 Å². The molecule has 5 nitrogen and oxygen atoms in total. The molecule has 0 amide bonds. The fourth-order valence-corrected chi connectivity index (χ4v) is 2.46. The zero-order chi connectivity index (χ0) is 13.8. The highest BCUT2D eigenvalue weighted by Crippen LogP contribution is 2.40. The third-order valence-electron chi connectivity index (χ3n) is 3.29. The van der Waals surface area contributed by atoms with E-state index in [0.717, 1.165) is 5.56 Å². The van der Waals surface area contributed by atoms with Crippen LogP contribution in [0.1, 0.15) is 24.8 Å². The predicted molar refractivity (Wildman–Crippen MR) is 69.0 cm³/mol. The van der Waals surface area contributed by atoms with Gasteiger partial charge in [-0.15, -0.1) is 0 Å². The third-order valence-corrected chi connectivity index (χ3v) is 3.29. The summed E-state index contributed by atoms with van der Waals surface area (Å²) in [4.78, 5) is 21.6. The minimum Gasteiger partial charge on any atom is -0.466 e. The molecule has 0 aromatic heterocycles. The number of allylic oxidation sites excluding steroid dienone is 2. The van der Waals surface area contributed by atoms with Crippen molar-refractivity contribution in [2.75, 3.05) is 6.61 Å². The molecule has 0 saturated heterocycles. The molecule has 1 aromatic rings. The monoisotopic (exact) mass is 261 g/mol. The number of hydrogen-bond donors (Lipinski definition) is 0. The van der Waals surface area contributed by atoms with E-state index in [1.54, 1.807) is 6.08 Å². The highest BCUT2D eigenvalue weighted by molar-refractivity contribution is 5.65. The molecule has 0 heterocycles. The quantitative estimate of drug-likeness (QED) is 0.474. The summed E-state index contributed by atoms with van der Waals surface area (Å²) in [6, 6.07) is 9.32. The number of ether oxygens (including phenoxy) is 1. The van der Waals surface area contributed by atoms with E-state index in [0.29, 0.717) is 6.42 Å². The third kappa shape index (κ3) is 2.99. The average molecular weight is 261 g/mol. The molecule has 2 rings (SSSR count). The molecule has 0 fully saturated rings. The van der Waals surface area contributed by atoms with Crippen molar-refractivity contribution in [1.29, 1.82) is 0 Å². The highest BCUT2D eigenvalue weighted by atomic mass is 16.6. The number of hydrogen-bond acceptors (Lipinski definition) is 4. The Bertz CT molecular complexity index is 509. The van der Waals surface area contributed by atoms with Crippen LogP contribution in [0.4, 0.5) is 0 Å². The maximum atomic E-state index is 11.1. The van der Waals surface area contributed by atoms with Crippen LogP contribution < -0.4 is 0 Å². The summed E-state index contributed by atoms with van der Waals surface area (Å²) in [5, 5.41) is 11.1. The second kappa shape index (κ2) is 5.65. The molecular formula is C14H15NO4. The van der Waals surface area contributed by atoms with E-state index in [1.165, 1.54) is 6.92 Å². The lowest BCUT2D eigenvalue weighted by Gasteiger charge is -2.19. The molecular weight excluding hydrogens is 246 g/mol. The molecule has 0 saturated carbocycles. The highest BCUT2D eigenvalue weighted by Gasteiger charge is 2.38. The molecule has 19 heavy (non-hydrogen) atoms. The van der Waals surface area contributed by atoms with Gasteiger partial charge in [-0.1, -0.05) is 30.3 Å². The van der Waals surface area contributed by atoms with E-state index in [9.17, 15) is 14.9 Å². The molecule has 1 aliphatic rings. The van der Waals surface area contributed by atoms with Crippen molar-refractivity contribution in [3.63, 3.8) is 0 Å². The predicted octanol–water partition coefficient (Wildman–Crippen LogP) is 2.51. The average Bonchev–Trinajstić information content (AvgIpc) is 2.81. The molecule has 100 valence electrons. The van der Waals surface area contributed by atoms with Crippen LogP contribution in [0.2, 0.25) is 0 Å². The van der Waals surface area contributed by atoms with E-state index in [2.05, 4.69) is 0 Å². The Kier molecular flexibility index (Phi) is 3.94. The van der Waals surface area contributed by atoms with Gasteiger partial charge >= 0.3 is 5.97 Å². The summed E-state index contributed by atoms with van der Waals surface area (Å²) < 4.78 is 5.01. The van der Waals surface area contributed by atoms with E-state index >= 15 is 0 Å². The fourth-order valence-electron chi connectivity index (χ4n) is 2.46. The van der Waals surface area contributed by atoms with Crippen LogP contribution in [0, 0.1) is 16.0 Å². The van der Waals surface area contributed by atoms with Gasteiger partial charge in [-0.05, 0) is 18.1 Å².